The molecule has 66 heavy (non-hydrogen) atoms. The number of hydrogen-bond acceptors (Lipinski definition) is 4. The molecule has 1 fully saturated rings. The Balaban J connectivity index is 0.00000103. The molecule has 0 unspecified atom stereocenters. The molecule has 0 aromatic heterocycles. The quantitative estimate of drug-likeness (QED) is 0.0760. The summed E-state index contributed by atoms with van der Waals surface area (Å²) in [7, 11) is 0. The van der Waals surface area contributed by atoms with E-state index in [1.54, 1.807) is 0 Å². The van der Waals surface area contributed by atoms with Crippen LogP contribution in [0.3, 0.4) is 0 Å². The minimum absolute atomic E-state index is 0.194. The van der Waals surface area contributed by atoms with Gasteiger partial charge in [0.15, 0.2) is 0 Å². The number of alkyl halides is 4. The van der Waals surface area contributed by atoms with E-state index in [0.717, 1.165) is 0 Å². The van der Waals surface area contributed by atoms with Crippen LogP contribution in [-0.4, -0.2) is 34.4 Å². The Bertz CT molecular complexity index is 2420. The topological polar surface area (TPSA) is 0 Å². The SMILES string of the molecule is ClCCl.ClCCl.S=P(c1ccccc1)(c1ccccc1)[C@H]1[BH2-]S[P+](c2ccccc2)(c2ccccc2)[C@H](P(=S)(c2ccccc2)c2ccccc2)[BH2-]S[P+]1(c1ccccc1)c1ccccc1. The van der Waals surface area contributed by atoms with Crippen LogP contribution in [0.4, 0.5) is 0 Å². The Morgan fingerprint density at radius 3 is 0.682 bits per heavy atom. The standard InChI is InChI=1S/C50H46B2P4S4.2CH2Cl2/c57-53(41-25-9-1-10-26-41,42-27-11-2-12-28-42)49-51-59-56(47-37-21-7-22-38-47,48-39-23-8-24-40-48)50(54(58,43-29-13-3-14-30-43)44-31-15-4-16-32-44)52-60-55(49,45-33-17-5-18-34-45)46-35-19-6-20-36-46;2*2-1-3/h1-40,49-50H,51-52H2;2*1H2/t49-,50+;;. The van der Waals surface area contributed by atoms with Crippen LogP contribution in [0.2, 0.25) is 0 Å². The lowest BCUT2D eigenvalue weighted by atomic mass is 10.2. The molecule has 0 radical (unpaired) electrons. The largest absolute Gasteiger partial charge is 0.194 e. The summed E-state index contributed by atoms with van der Waals surface area (Å²) in [5.74, 6) is 0. The summed E-state index contributed by atoms with van der Waals surface area (Å²) in [5.41, 5.74) is 0. The fourth-order valence-corrected chi connectivity index (χ4v) is 58.3. The predicted octanol–water partition coefficient (Wildman–Crippen LogP) is 12.5. The van der Waals surface area contributed by atoms with Gasteiger partial charge in [-0.2, -0.15) is 22.5 Å². The molecule has 1 saturated heterocycles. The maximum absolute atomic E-state index is 7.63. The summed E-state index contributed by atoms with van der Waals surface area (Å²) in [6.07, 6.45) is 0. The predicted molar refractivity (Wildman–Crippen MR) is 324 cm³/mol. The molecular formula is C52H50B2Cl4P4S4. The monoisotopic (exact) mass is 1090 g/mol. The van der Waals surface area contributed by atoms with Crippen molar-refractivity contribution in [3.8, 4) is 0 Å². The number of rotatable bonds is 10. The van der Waals surface area contributed by atoms with Gasteiger partial charge in [-0.15, -0.1) is 46.4 Å². The highest BCUT2D eigenvalue weighted by Crippen LogP contribution is 2.87. The van der Waals surface area contributed by atoms with E-state index in [1.165, 1.54) is 42.4 Å². The molecule has 0 aliphatic carbocycles. The van der Waals surface area contributed by atoms with Gasteiger partial charge in [-0.05, 0) is 69.7 Å². The number of benzene rings is 8. The summed E-state index contributed by atoms with van der Waals surface area (Å²) in [5, 5.41) is 12.2. The van der Waals surface area contributed by atoms with Crippen molar-refractivity contribution in [1.82, 2.24) is 0 Å². The normalized spacial score (nSPS) is 16.7. The van der Waals surface area contributed by atoms with Crippen LogP contribution in [0.15, 0.2) is 243 Å². The van der Waals surface area contributed by atoms with Gasteiger partial charge >= 0.3 is 0 Å². The lowest BCUT2D eigenvalue weighted by Gasteiger charge is -2.53. The summed E-state index contributed by atoms with van der Waals surface area (Å²) in [6.45, 7) is -6.48. The second-order valence-electron chi connectivity index (χ2n) is 15.6. The van der Waals surface area contributed by atoms with E-state index in [1.807, 2.05) is 0 Å². The van der Waals surface area contributed by atoms with Gasteiger partial charge in [-0.1, -0.05) is 218 Å². The fraction of sp³-hybridized carbons (Fsp3) is 0.0769. The molecule has 0 N–H and O–H groups in total. The second-order valence-corrected chi connectivity index (χ2v) is 41.3. The van der Waals surface area contributed by atoms with Crippen LogP contribution >= 0.6 is 93.9 Å². The van der Waals surface area contributed by atoms with Gasteiger partial charge in [0.05, 0.1) is 23.6 Å². The lowest BCUT2D eigenvalue weighted by Crippen LogP contribution is -2.44. The van der Waals surface area contributed by atoms with Gasteiger partial charge in [0.25, 0.3) is 0 Å². The van der Waals surface area contributed by atoms with Gasteiger partial charge in [0.2, 0.25) is 0 Å². The Morgan fingerprint density at radius 2 is 0.500 bits per heavy atom. The molecule has 0 spiro atoms. The van der Waals surface area contributed by atoms with Crippen molar-refractivity contribution in [2.45, 2.75) is 10.6 Å². The van der Waals surface area contributed by atoms with Gasteiger partial charge in [0.1, 0.15) is 34.3 Å². The molecule has 0 saturated carbocycles. The van der Waals surface area contributed by atoms with Crippen LogP contribution < -0.4 is 42.4 Å². The second kappa shape index (κ2) is 25.2. The van der Waals surface area contributed by atoms with Crippen molar-refractivity contribution in [3.05, 3.63) is 243 Å². The van der Waals surface area contributed by atoms with Crippen LogP contribution in [0.1, 0.15) is 0 Å². The van der Waals surface area contributed by atoms with E-state index in [2.05, 4.69) is 265 Å². The zero-order chi connectivity index (χ0) is 46.3. The minimum Gasteiger partial charge on any atom is -0.194 e. The van der Waals surface area contributed by atoms with Crippen molar-refractivity contribution in [3.63, 3.8) is 0 Å². The van der Waals surface area contributed by atoms with Gasteiger partial charge in [-0.3, -0.25) is 0 Å². The van der Waals surface area contributed by atoms with Crippen molar-refractivity contribution in [2.75, 3.05) is 10.7 Å². The molecular weight excluding hydrogens is 1040 g/mol. The highest BCUT2D eigenvalue weighted by Gasteiger charge is 2.60. The highest BCUT2D eigenvalue weighted by atomic mass is 35.5. The third kappa shape index (κ3) is 10.8. The molecule has 0 amide bonds. The zero-order valence-electron chi connectivity index (χ0n) is 36.6. The Hall–Kier alpha value is -2.09. The van der Waals surface area contributed by atoms with E-state index >= 15 is 0 Å². The van der Waals surface area contributed by atoms with E-state index < -0.39 is 38.1 Å². The highest BCUT2D eigenvalue weighted by molar-refractivity contribution is 8.84. The Labute approximate surface area is 432 Å². The van der Waals surface area contributed by atoms with Crippen LogP contribution in [-0.2, 0) is 23.6 Å². The summed E-state index contributed by atoms with van der Waals surface area (Å²) < 4.78 is 0. The summed E-state index contributed by atoms with van der Waals surface area (Å²) in [4.78, 5) is 0. The first-order chi connectivity index (χ1) is 32.3. The molecule has 2 atom stereocenters. The third-order valence-corrected chi connectivity index (χ3v) is 49.7. The van der Waals surface area contributed by atoms with Crippen molar-refractivity contribution in [1.29, 1.82) is 0 Å². The Morgan fingerprint density at radius 1 is 0.333 bits per heavy atom. The van der Waals surface area contributed by atoms with Crippen LogP contribution in [0.5, 0.6) is 0 Å². The molecule has 336 valence electrons. The van der Waals surface area contributed by atoms with E-state index in [0.29, 0.717) is 0 Å². The molecule has 9 rings (SSSR count). The fourth-order valence-electron chi connectivity index (χ4n) is 9.82. The van der Waals surface area contributed by atoms with Crippen LogP contribution in [0.25, 0.3) is 0 Å². The first-order valence-electron chi connectivity index (χ1n) is 21.9. The van der Waals surface area contributed by atoms with Gasteiger partial charge < -0.3 is 0 Å². The van der Waals surface area contributed by atoms with E-state index in [9.17, 15) is 0 Å². The van der Waals surface area contributed by atoms with Crippen molar-refractivity contribution >= 4 is 173 Å². The molecule has 8 aromatic rings. The molecule has 14 heteroatoms. The van der Waals surface area contributed by atoms with Crippen molar-refractivity contribution in [2.24, 2.45) is 0 Å². The first-order valence-corrected chi connectivity index (χ1v) is 37.1. The summed E-state index contributed by atoms with van der Waals surface area (Å²) in [6, 6.07) is 86.9. The van der Waals surface area contributed by atoms with Crippen molar-refractivity contribution < 1.29 is 0 Å². The summed E-state index contributed by atoms with van der Waals surface area (Å²) >= 11 is 39.1. The maximum atomic E-state index is 7.63. The van der Waals surface area contributed by atoms with Crippen LogP contribution in [0, 0.1) is 0 Å². The van der Waals surface area contributed by atoms with E-state index in [4.69, 9.17) is 70.0 Å². The van der Waals surface area contributed by atoms with Gasteiger partial charge in [-0.25, -0.2) is 0 Å². The maximum Gasteiger partial charge on any atom is 0.126 e. The zero-order valence-corrected chi connectivity index (χ0v) is 46.5. The molecule has 1 aliphatic rings. The van der Waals surface area contributed by atoms with Gasteiger partial charge in [0, 0.05) is 22.7 Å². The lowest BCUT2D eigenvalue weighted by molar-refractivity contribution is 1.69. The third-order valence-electron chi connectivity index (χ3n) is 12.4. The molecule has 1 aliphatic heterocycles. The average Bonchev–Trinajstić information content (AvgIpc) is 3.39. The first kappa shape index (κ1) is 51.8. The minimum atomic E-state index is -2.50. The molecule has 0 nitrogen and oxygen atoms in total. The molecule has 1 heterocycles. The number of halogens is 4. The molecule has 8 aromatic carbocycles. The number of hydrogen-bond donors (Lipinski definition) is 0. The Kier molecular flexibility index (Phi) is 19.7. The smallest absolute Gasteiger partial charge is 0.126 e. The average molecular weight is 1090 g/mol. The molecule has 0 bridgehead atoms. The van der Waals surface area contributed by atoms with E-state index in [-0.39, 0.29) is 21.3 Å².